The molecule has 1 atom stereocenters. The Bertz CT molecular complexity index is 1350. The standard InChI is InChI=1S/C28H33ClN6O5/c1-4-39-23-13-12-19(29)15-21(23)27-33-34-28(40-27)35-14-8-9-18(16-35)25(36)32-24(22(30-2)17-38-3)26(37)31-20-10-6-5-7-11-20/h5-7,10-13,15,18,30H,4,8-9,14,16-17H2,1-3H3,(H,31,37)(H,32,36)/b24-22+. The molecule has 12 heteroatoms. The fourth-order valence-electron chi connectivity index (χ4n) is 4.39. The molecule has 0 aliphatic carbocycles. The molecule has 3 N–H and O–H groups in total. The highest BCUT2D eigenvalue weighted by atomic mass is 35.5. The average molecular weight is 569 g/mol. The van der Waals surface area contributed by atoms with E-state index in [0.717, 1.165) is 6.42 Å². The summed E-state index contributed by atoms with van der Waals surface area (Å²) >= 11 is 6.19. The lowest BCUT2D eigenvalue weighted by Gasteiger charge is -2.30. The Kier molecular flexibility index (Phi) is 9.98. The van der Waals surface area contributed by atoms with Gasteiger partial charge in [-0.3, -0.25) is 9.59 Å². The molecule has 1 aliphatic rings. The van der Waals surface area contributed by atoms with Crippen molar-refractivity contribution in [1.82, 2.24) is 20.8 Å². The van der Waals surface area contributed by atoms with Crippen molar-refractivity contribution in [2.24, 2.45) is 5.92 Å². The van der Waals surface area contributed by atoms with E-state index >= 15 is 0 Å². The molecule has 2 amide bonds. The van der Waals surface area contributed by atoms with Crippen LogP contribution in [0.4, 0.5) is 11.7 Å². The van der Waals surface area contributed by atoms with Crippen molar-refractivity contribution in [3.63, 3.8) is 0 Å². The summed E-state index contributed by atoms with van der Waals surface area (Å²) < 4.78 is 16.9. The monoisotopic (exact) mass is 568 g/mol. The number of para-hydroxylation sites is 1. The number of amides is 2. The van der Waals surface area contributed by atoms with Crippen molar-refractivity contribution in [3.8, 4) is 17.2 Å². The van der Waals surface area contributed by atoms with Crippen LogP contribution in [0.1, 0.15) is 19.8 Å². The zero-order valence-corrected chi connectivity index (χ0v) is 23.5. The van der Waals surface area contributed by atoms with Gasteiger partial charge in [-0.15, -0.1) is 5.10 Å². The van der Waals surface area contributed by atoms with Gasteiger partial charge in [-0.1, -0.05) is 34.9 Å². The average Bonchev–Trinajstić information content (AvgIpc) is 3.47. The molecule has 3 aromatic rings. The third kappa shape index (κ3) is 7.10. The van der Waals surface area contributed by atoms with Gasteiger partial charge >= 0.3 is 6.01 Å². The number of rotatable bonds is 11. The summed E-state index contributed by atoms with van der Waals surface area (Å²) in [4.78, 5) is 28.5. The predicted octanol–water partition coefficient (Wildman–Crippen LogP) is 3.84. The number of likely N-dealkylation sites (N-methyl/N-ethyl adjacent to an activating group) is 1. The fourth-order valence-corrected chi connectivity index (χ4v) is 4.56. The van der Waals surface area contributed by atoms with Crippen LogP contribution in [0.25, 0.3) is 11.5 Å². The first-order valence-electron chi connectivity index (χ1n) is 13.0. The van der Waals surface area contributed by atoms with Gasteiger partial charge in [0, 0.05) is 38.0 Å². The number of halogens is 1. The van der Waals surface area contributed by atoms with E-state index in [0.29, 0.717) is 59.9 Å². The van der Waals surface area contributed by atoms with Gasteiger partial charge < -0.3 is 34.7 Å². The van der Waals surface area contributed by atoms with Crippen LogP contribution < -0.4 is 25.6 Å². The van der Waals surface area contributed by atoms with E-state index in [1.54, 1.807) is 37.4 Å². The van der Waals surface area contributed by atoms with Crippen LogP contribution in [0.15, 0.2) is 64.3 Å². The number of nitrogens with zero attached hydrogens (tertiary/aromatic N) is 3. The van der Waals surface area contributed by atoms with Crippen LogP contribution in [-0.2, 0) is 14.3 Å². The van der Waals surface area contributed by atoms with Gasteiger partial charge in [0.25, 0.3) is 11.8 Å². The predicted molar refractivity (Wildman–Crippen MR) is 152 cm³/mol. The van der Waals surface area contributed by atoms with Gasteiger partial charge in [0.2, 0.25) is 5.91 Å². The number of piperidine rings is 1. The smallest absolute Gasteiger partial charge is 0.318 e. The van der Waals surface area contributed by atoms with Crippen molar-refractivity contribution in [2.75, 3.05) is 50.7 Å². The fraction of sp³-hybridized carbons (Fsp3) is 0.357. The normalized spacial score (nSPS) is 15.7. The highest BCUT2D eigenvalue weighted by molar-refractivity contribution is 6.30. The van der Waals surface area contributed by atoms with E-state index in [4.69, 9.17) is 25.5 Å². The number of hydrogen-bond acceptors (Lipinski definition) is 9. The van der Waals surface area contributed by atoms with E-state index < -0.39 is 11.8 Å². The number of benzene rings is 2. The quantitative estimate of drug-likeness (QED) is 0.295. The Labute approximate surface area is 237 Å². The maximum absolute atomic E-state index is 13.4. The Balaban J connectivity index is 1.50. The van der Waals surface area contributed by atoms with Crippen molar-refractivity contribution in [3.05, 3.63) is 64.9 Å². The molecule has 212 valence electrons. The molecule has 1 unspecified atom stereocenters. The maximum atomic E-state index is 13.4. The number of nitrogens with one attached hydrogen (secondary N) is 3. The summed E-state index contributed by atoms with van der Waals surface area (Å²) in [6.07, 6.45) is 1.36. The largest absolute Gasteiger partial charge is 0.493 e. The number of carbonyl (C=O) groups is 2. The van der Waals surface area contributed by atoms with Crippen LogP contribution in [0, 0.1) is 5.92 Å². The molecule has 2 aromatic carbocycles. The Morgan fingerprint density at radius 3 is 2.70 bits per heavy atom. The SMILES string of the molecule is CCOc1ccc(Cl)cc1-c1nnc(N2CCCC(C(=O)N/C(C(=O)Nc3ccccc3)=C(\COC)NC)C2)o1. The number of hydrogen-bond donors (Lipinski definition) is 3. The van der Waals surface area contributed by atoms with E-state index in [2.05, 4.69) is 26.1 Å². The zero-order valence-electron chi connectivity index (χ0n) is 22.7. The molecule has 0 spiro atoms. The van der Waals surface area contributed by atoms with Crippen molar-refractivity contribution >= 4 is 35.1 Å². The van der Waals surface area contributed by atoms with E-state index in [9.17, 15) is 9.59 Å². The Morgan fingerprint density at radius 2 is 1.98 bits per heavy atom. The number of ether oxygens (including phenoxy) is 2. The lowest BCUT2D eigenvalue weighted by atomic mass is 9.97. The van der Waals surface area contributed by atoms with Gasteiger partial charge in [-0.2, -0.15) is 0 Å². The second kappa shape index (κ2) is 13.8. The highest BCUT2D eigenvalue weighted by Crippen LogP contribution is 2.34. The molecule has 1 aliphatic heterocycles. The van der Waals surface area contributed by atoms with Crippen molar-refractivity contribution in [2.45, 2.75) is 19.8 Å². The van der Waals surface area contributed by atoms with Crippen LogP contribution >= 0.6 is 11.6 Å². The first-order valence-corrected chi connectivity index (χ1v) is 13.4. The van der Waals surface area contributed by atoms with Gasteiger partial charge in [-0.05, 0) is 50.1 Å². The molecule has 11 nitrogen and oxygen atoms in total. The second-order valence-electron chi connectivity index (χ2n) is 9.09. The zero-order chi connectivity index (χ0) is 28.5. The van der Waals surface area contributed by atoms with E-state index in [-0.39, 0.29) is 24.1 Å². The van der Waals surface area contributed by atoms with Gasteiger partial charge in [0.05, 0.1) is 30.4 Å². The number of anilines is 2. The molecule has 0 saturated carbocycles. The first-order chi connectivity index (χ1) is 19.4. The first kappa shape index (κ1) is 28.9. The molecule has 0 radical (unpaired) electrons. The summed E-state index contributed by atoms with van der Waals surface area (Å²) in [7, 11) is 3.19. The van der Waals surface area contributed by atoms with Crippen molar-refractivity contribution in [1.29, 1.82) is 0 Å². The van der Waals surface area contributed by atoms with Crippen LogP contribution in [0.3, 0.4) is 0 Å². The maximum Gasteiger partial charge on any atom is 0.318 e. The minimum atomic E-state index is -0.457. The van der Waals surface area contributed by atoms with E-state index in [1.165, 1.54) is 7.11 Å². The Morgan fingerprint density at radius 1 is 1.18 bits per heavy atom. The van der Waals surface area contributed by atoms with Crippen LogP contribution in [0.5, 0.6) is 5.75 Å². The summed E-state index contributed by atoms with van der Waals surface area (Å²) in [6.45, 7) is 3.45. The minimum absolute atomic E-state index is 0.0970. The van der Waals surface area contributed by atoms with E-state index in [1.807, 2.05) is 30.0 Å². The molecular weight excluding hydrogens is 536 g/mol. The molecule has 4 rings (SSSR count). The summed E-state index contributed by atoms with van der Waals surface area (Å²) in [6, 6.07) is 14.5. The van der Waals surface area contributed by atoms with Crippen LogP contribution in [-0.4, -0.2) is 62.5 Å². The molecule has 40 heavy (non-hydrogen) atoms. The van der Waals surface area contributed by atoms with Crippen LogP contribution in [0.2, 0.25) is 5.02 Å². The van der Waals surface area contributed by atoms with Gasteiger partial charge in [0.1, 0.15) is 11.4 Å². The number of aromatic nitrogens is 2. The number of methoxy groups -OCH3 is 1. The minimum Gasteiger partial charge on any atom is -0.493 e. The topological polar surface area (TPSA) is 131 Å². The molecule has 1 aromatic heterocycles. The molecular formula is C28H33ClN6O5. The Hall–Kier alpha value is -4.09. The summed E-state index contributed by atoms with van der Waals surface area (Å²) in [5.74, 6) is -0.313. The van der Waals surface area contributed by atoms with Gasteiger partial charge in [-0.25, -0.2) is 0 Å². The molecule has 1 saturated heterocycles. The molecule has 1 fully saturated rings. The number of carbonyl (C=O) groups excluding carboxylic acids is 2. The highest BCUT2D eigenvalue weighted by Gasteiger charge is 2.31. The van der Waals surface area contributed by atoms with Gasteiger partial charge in [0.15, 0.2) is 0 Å². The lowest BCUT2D eigenvalue weighted by Crippen LogP contribution is -2.45. The van der Waals surface area contributed by atoms with Crippen molar-refractivity contribution < 1.29 is 23.5 Å². The lowest BCUT2D eigenvalue weighted by molar-refractivity contribution is -0.126. The third-order valence-electron chi connectivity index (χ3n) is 6.35. The molecule has 2 heterocycles. The molecule has 0 bridgehead atoms. The summed E-state index contributed by atoms with van der Waals surface area (Å²) in [5, 5.41) is 17.6. The second-order valence-corrected chi connectivity index (χ2v) is 9.53. The summed E-state index contributed by atoms with van der Waals surface area (Å²) in [5.41, 5.74) is 1.75. The third-order valence-corrected chi connectivity index (χ3v) is 6.58.